The molecule has 1 aromatic heterocycles. The minimum Gasteiger partial charge on any atom is -0.497 e. The van der Waals surface area contributed by atoms with Crippen LogP contribution in [0.2, 0.25) is 0 Å². The Morgan fingerprint density at radius 2 is 1.80 bits per heavy atom. The molecule has 1 heterocycles. The number of ether oxygens (including phenoxy) is 1. The highest BCUT2D eigenvalue weighted by Crippen LogP contribution is 2.24. The van der Waals surface area contributed by atoms with Gasteiger partial charge in [-0.05, 0) is 31.2 Å². The third-order valence-electron chi connectivity index (χ3n) is 2.27. The molecular weight excluding hydrogens is 190 g/mol. The maximum Gasteiger partial charge on any atom is 0.191 e. The van der Waals surface area contributed by atoms with E-state index in [2.05, 4.69) is 4.98 Å². The van der Waals surface area contributed by atoms with E-state index < -0.39 is 0 Å². The lowest BCUT2D eigenvalue weighted by Gasteiger charge is -2.00. The quantitative estimate of drug-likeness (QED) is 0.752. The minimum atomic E-state index is 0.693. The fourth-order valence-corrected chi connectivity index (χ4v) is 1.55. The molecule has 0 saturated heterocycles. The summed E-state index contributed by atoms with van der Waals surface area (Å²) in [4.78, 5) is 4.33. The lowest BCUT2D eigenvalue weighted by Crippen LogP contribution is -1.84. The number of aryl methyl sites for hydroxylation is 2. The van der Waals surface area contributed by atoms with E-state index in [-0.39, 0.29) is 0 Å². The van der Waals surface area contributed by atoms with Crippen molar-refractivity contribution >= 4 is 0 Å². The van der Waals surface area contributed by atoms with Crippen molar-refractivity contribution in [3.05, 3.63) is 35.9 Å². The molecule has 3 nitrogen and oxygen atoms in total. The van der Waals surface area contributed by atoms with Gasteiger partial charge in [0.1, 0.15) is 17.2 Å². The summed E-state index contributed by atoms with van der Waals surface area (Å²) < 4.78 is 10.5. The van der Waals surface area contributed by atoms with Crippen LogP contribution in [0.4, 0.5) is 0 Å². The molecule has 0 bridgehead atoms. The van der Waals surface area contributed by atoms with Crippen molar-refractivity contribution in [3.63, 3.8) is 0 Å². The van der Waals surface area contributed by atoms with E-state index in [4.69, 9.17) is 9.15 Å². The topological polar surface area (TPSA) is 35.3 Å². The summed E-state index contributed by atoms with van der Waals surface area (Å²) in [5.74, 6) is 2.38. The summed E-state index contributed by atoms with van der Waals surface area (Å²) in [7, 11) is 1.65. The number of hydrogen-bond acceptors (Lipinski definition) is 3. The van der Waals surface area contributed by atoms with Crippen molar-refractivity contribution in [2.75, 3.05) is 7.11 Å². The third-order valence-corrected chi connectivity index (χ3v) is 2.27. The highest BCUT2D eigenvalue weighted by molar-refractivity contribution is 5.61. The van der Waals surface area contributed by atoms with Crippen LogP contribution in [-0.4, -0.2) is 12.1 Å². The number of nitrogens with zero attached hydrogens (tertiary/aromatic N) is 1. The van der Waals surface area contributed by atoms with Crippen molar-refractivity contribution in [2.24, 2.45) is 0 Å². The number of benzene rings is 1. The molecule has 0 radical (unpaired) electrons. The van der Waals surface area contributed by atoms with Crippen LogP contribution in [0.15, 0.2) is 28.7 Å². The highest BCUT2D eigenvalue weighted by atomic mass is 16.5. The molecule has 0 aliphatic rings. The second-order valence-corrected chi connectivity index (χ2v) is 3.37. The van der Waals surface area contributed by atoms with Crippen LogP contribution in [0.1, 0.15) is 11.7 Å². The fourth-order valence-electron chi connectivity index (χ4n) is 1.55. The van der Waals surface area contributed by atoms with Gasteiger partial charge in [-0.25, -0.2) is 4.98 Å². The van der Waals surface area contributed by atoms with E-state index in [1.807, 2.05) is 38.1 Å². The molecule has 78 valence electrons. The standard InChI is InChI=1S/C12H13NO2/c1-8-12(13-9(2)15-8)10-4-6-11(14-3)7-5-10/h4-7H,1-3H3. The SMILES string of the molecule is COc1ccc(-c2nc(C)oc2C)cc1. The van der Waals surface area contributed by atoms with E-state index in [1.54, 1.807) is 7.11 Å². The van der Waals surface area contributed by atoms with Crippen LogP contribution in [-0.2, 0) is 0 Å². The Kier molecular flexibility index (Phi) is 2.46. The molecule has 0 N–H and O–H groups in total. The Bertz CT molecular complexity index is 457. The van der Waals surface area contributed by atoms with E-state index in [0.717, 1.165) is 22.8 Å². The molecule has 0 aliphatic heterocycles. The van der Waals surface area contributed by atoms with Gasteiger partial charge in [-0.2, -0.15) is 0 Å². The molecule has 0 atom stereocenters. The first-order valence-electron chi connectivity index (χ1n) is 4.79. The minimum absolute atomic E-state index is 0.693. The molecule has 0 aliphatic carbocycles. The summed E-state index contributed by atoms with van der Waals surface area (Å²) in [6.07, 6.45) is 0. The summed E-state index contributed by atoms with van der Waals surface area (Å²) in [6, 6.07) is 7.78. The maximum absolute atomic E-state index is 5.38. The van der Waals surface area contributed by atoms with Crippen molar-refractivity contribution in [1.29, 1.82) is 0 Å². The molecule has 3 heteroatoms. The van der Waals surface area contributed by atoms with Gasteiger partial charge >= 0.3 is 0 Å². The Morgan fingerprint density at radius 1 is 1.13 bits per heavy atom. The summed E-state index contributed by atoms with van der Waals surface area (Å²) >= 11 is 0. The van der Waals surface area contributed by atoms with Gasteiger partial charge in [0.15, 0.2) is 5.89 Å². The first-order chi connectivity index (χ1) is 7.20. The van der Waals surface area contributed by atoms with Crippen molar-refractivity contribution in [2.45, 2.75) is 13.8 Å². The lowest BCUT2D eigenvalue weighted by atomic mass is 10.1. The Balaban J connectivity index is 2.41. The van der Waals surface area contributed by atoms with Gasteiger partial charge < -0.3 is 9.15 Å². The van der Waals surface area contributed by atoms with Crippen LogP contribution in [0.5, 0.6) is 5.75 Å². The predicted molar refractivity (Wildman–Crippen MR) is 58.0 cm³/mol. The zero-order chi connectivity index (χ0) is 10.8. The number of hydrogen-bond donors (Lipinski definition) is 0. The number of oxazole rings is 1. The van der Waals surface area contributed by atoms with Gasteiger partial charge in [-0.3, -0.25) is 0 Å². The first-order valence-corrected chi connectivity index (χ1v) is 4.79. The molecule has 2 rings (SSSR count). The van der Waals surface area contributed by atoms with Crippen molar-refractivity contribution in [3.8, 4) is 17.0 Å². The molecule has 0 fully saturated rings. The summed E-state index contributed by atoms with van der Waals surface area (Å²) in [5.41, 5.74) is 1.94. The summed E-state index contributed by atoms with van der Waals surface area (Å²) in [6.45, 7) is 3.76. The van der Waals surface area contributed by atoms with Gasteiger partial charge in [-0.15, -0.1) is 0 Å². The van der Waals surface area contributed by atoms with Gasteiger partial charge in [-0.1, -0.05) is 0 Å². The van der Waals surface area contributed by atoms with E-state index in [1.165, 1.54) is 0 Å². The van der Waals surface area contributed by atoms with Crippen molar-refractivity contribution < 1.29 is 9.15 Å². The van der Waals surface area contributed by atoms with Gasteiger partial charge in [0.2, 0.25) is 0 Å². The molecule has 2 aromatic rings. The Morgan fingerprint density at radius 3 is 2.27 bits per heavy atom. The van der Waals surface area contributed by atoms with Gasteiger partial charge in [0.25, 0.3) is 0 Å². The molecule has 0 amide bonds. The van der Waals surface area contributed by atoms with Crippen LogP contribution in [0.25, 0.3) is 11.3 Å². The number of aromatic nitrogens is 1. The molecule has 0 spiro atoms. The average Bonchev–Trinajstić information content (AvgIpc) is 2.58. The smallest absolute Gasteiger partial charge is 0.191 e. The average molecular weight is 203 g/mol. The number of methoxy groups -OCH3 is 1. The van der Waals surface area contributed by atoms with E-state index >= 15 is 0 Å². The molecule has 0 saturated carbocycles. The molecule has 15 heavy (non-hydrogen) atoms. The largest absolute Gasteiger partial charge is 0.497 e. The van der Waals surface area contributed by atoms with Gasteiger partial charge in [0.05, 0.1) is 7.11 Å². The van der Waals surface area contributed by atoms with E-state index in [0.29, 0.717) is 5.89 Å². The second-order valence-electron chi connectivity index (χ2n) is 3.37. The summed E-state index contributed by atoms with van der Waals surface area (Å²) in [5, 5.41) is 0. The van der Waals surface area contributed by atoms with Gasteiger partial charge in [0, 0.05) is 12.5 Å². The van der Waals surface area contributed by atoms with Crippen LogP contribution in [0, 0.1) is 13.8 Å². The molecule has 1 aromatic carbocycles. The van der Waals surface area contributed by atoms with E-state index in [9.17, 15) is 0 Å². The first kappa shape index (κ1) is 9.77. The van der Waals surface area contributed by atoms with Crippen LogP contribution in [0.3, 0.4) is 0 Å². The second kappa shape index (κ2) is 3.77. The fraction of sp³-hybridized carbons (Fsp3) is 0.250. The third kappa shape index (κ3) is 1.86. The maximum atomic E-state index is 5.38. The predicted octanol–water partition coefficient (Wildman–Crippen LogP) is 2.97. The molecule has 0 unspecified atom stereocenters. The molecular formula is C12H13NO2. The lowest BCUT2D eigenvalue weighted by molar-refractivity contribution is 0.415. The Labute approximate surface area is 88.7 Å². The highest BCUT2D eigenvalue weighted by Gasteiger charge is 2.08. The number of rotatable bonds is 2. The van der Waals surface area contributed by atoms with Crippen molar-refractivity contribution in [1.82, 2.24) is 4.98 Å². The Hall–Kier alpha value is -1.77. The van der Waals surface area contributed by atoms with Crippen LogP contribution < -0.4 is 4.74 Å². The zero-order valence-corrected chi connectivity index (χ0v) is 9.07. The normalized spacial score (nSPS) is 10.3. The zero-order valence-electron chi connectivity index (χ0n) is 9.07. The monoisotopic (exact) mass is 203 g/mol. The van der Waals surface area contributed by atoms with Crippen LogP contribution >= 0.6 is 0 Å².